The number of benzene rings is 1. The molecule has 3 heterocycles. The smallest absolute Gasteiger partial charge is 0.381 e. The molecule has 4 atom stereocenters. The summed E-state index contributed by atoms with van der Waals surface area (Å²) in [4.78, 5) is 34.1. The van der Waals surface area contributed by atoms with Crippen LogP contribution in [0, 0.1) is 23.5 Å². The average molecular weight is 517 g/mol. The van der Waals surface area contributed by atoms with Crippen molar-refractivity contribution in [3.05, 3.63) is 58.1 Å². The van der Waals surface area contributed by atoms with Crippen LogP contribution in [0.25, 0.3) is 0 Å². The first kappa shape index (κ1) is 23.9. The van der Waals surface area contributed by atoms with E-state index in [0.717, 1.165) is 24.4 Å². The van der Waals surface area contributed by atoms with E-state index in [4.69, 9.17) is 16.3 Å². The van der Waals surface area contributed by atoms with E-state index in [9.17, 15) is 31.5 Å². The maximum atomic E-state index is 14.6. The molecule has 2 aliphatic heterocycles. The Morgan fingerprint density at radius 2 is 1.91 bits per heavy atom. The fourth-order valence-corrected chi connectivity index (χ4v) is 4.80. The van der Waals surface area contributed by atoms with Crippen molar-refractivity contribution < 1.29 is 36.3 Å². The SMILES string of the molecule is O=C(NC(c1cc(F)c(Cl)cc1F)C1COC1)[C@H]1C[C@H]2C[C@H]2N1C(=O)c1ccnc(C(F)(F)F)n1. The molecule has 186 valence electrons. The van der Waals surface area contributed by atoms with Crippen LogP contribution in [-0.4, -0.2) is 52.0 Å². The van der Waals surface area contributed by atoms with Crippen LogP contribution in [0.4, 0.5) is 22.0 Å². The molecule has 35 heavy (non-hydrogen) atoms. The fourth-order valence-electron chi connectivity index (χ4n) is 4.65. The Kier molecular flexibility index (Phi) is 5.91. The van der Waals surface area contributed by atoms with Crippen LogP contribution < -0.4 is 5.32 Å². The van der Waals surface area contributed by atoms with Crippen LogP contribution in [0.2, 0.25) is 5.02 Å². The number of ether oxygens (including phenoxy) is 1. The number of rotatable bonds is 5. The topological polar surface area (TPSA) is 84.4 Å². The average Bonchev–Trinajstić information content (AvgIpc) is 3.43. The zero-order valence-electron chi connectivity index (χ0n) is 17.9. The van der Waals surface area contributed by atoms with Gasteiger partial charge >= 0.3 is 6.18 Å². The maximum Gasteiger partial charge on any atom is 0.451 e. The Morgan fingerprint density at radius 3 is 2.57 bits per heavy atom. The van der Waals surface area contributed by atoms with Gasteiger partial charge in [0.2, 0.25) is 11.7 Å². The van der Waals surface area contributed by atoms with Crippen molar-refractivity contribution in [3.8, 4) is 0 Å². The van der Waals surface area contributed by atoms with Gasteiger partial charge in [0.1, 0.15) is 23.4 Å². The highest BCUT2D eigenvalue weighted by Gasteiger charge is 2.57. The Labute approximate surface area is 200 Å². The third-order valence-electron chi connectivity index (χ3n) is 6.58. The number of carbonyl (C=O) groups is 2. The second kappa shape index (κ2) is 8.66. The Morgan fingerprint density at radius 1 is 1.17 bits per heavy atom. The van der Waals surface area contributed by atoms with Crippen molar-refractivity contribution in [2.24, 2.45) is 11.8 Å². The molecule has 2 amide bonds. The number of aromatic nitrogens is 2. The number of amides is 2. The molecule has 2 aromatic rings. The van der Waals surface area contributed by atoms with Gasteiger partial charge in [0.25, 0.3) is 5.91 Å². The van der Waals surface area contributed by atoms with Crippen LogP contribution in [0.1, 0.15) is 40.8 Å². The second-order valence-electron chi connectivity index (χ2n) is 8.86. The van der Waals surface area contributed by atoms with E-state index < -0.39 is 58.2 Å². The molecular formula is C22H18ClF5N4O3. The van der Waals surface area contributed by atoms with Crippen molar-refractivity contribution in [1.82, 2.24) is 20.2 Å². The van der Waals surface area contributed by atoms with Gasteiger partial charge in [0.15, 0.2) is 0 Å². The summed E-state index contributed by atoms with van der Waals surface area (Å²) in [6, 6.07) is 0.529. The lowest BCUT2D eigenvalue weighted by molar-refractivity contribution is -0.145. The van der Waals surface area contributed by atoms with Crippen molar-refractivity contribution in [2.75, 3.05) is 13.2 Å². The van der Waals surface area contributed by atoms with Crippen LogP contribution in [-0.2, 0) is 15.7 Å². The summed E-state index contributed by atoms with van der Waals surface area (Å²) >= 11 is 5.65. The lowest BCUT2D eigenvalue weighted by Crippen LogP contribution is -2.51. The predicted molar refractivity (Wildman–Crippen MR) is 110 cm³/mol. The molecule has 1 aromatic heterocycles. The monoisotopic (exact) mass is 516 g/mol. The molecule has 3 fully saturated rings. The Balaban J connectivity index is 1.39. The number of nitrogens with one attached hydrogen (secondary N) is 1. The van der Waals surface area contributed by atoms with Gasteiger partial charge in [-0.25, -0.2) is 18.7 Å². The summed E-state index contributed by atoms with van der Waals surface area (Å²) in [5.41, 5.74) is -0.590. The quantitative estimate of drug-likeness (QED) is 0.485. The van der Waals surface area contributed by atoms with Crippen molar-refractivity contribution in [1.29, 1.82) is 0 Å². The minimum absolute atomic E-state index is 0.0221. The molecule has 1 unspecified atom stereocenters. The first-order chi connectivity index (χ1) is 16.5. The number of likely N-dealkylation sites (tertiary alicyclic amines) is 1. The lowest BCUT2D eigenvalue weighted by Gasteiger charge is -2.36. The summed E-state index contributed by atoms with van der Waals surface area (Å²) in [7, 11) is 0. The summed E-state index contributed by atoms with van der Waals surface area (Å²) in [5.74, 6) is -4.89. The fraction of sp³-hybridized carbons (Fsp3) is 0.455. The van der Waals surface area contributed by atoms with Gasteiger partial charge in [-0.05, 0) is 37.0 Å². The summed E-state index contributed by atoms with van der Waals surface area (Å²) in [6.45, 7) is 0.405. The molecule has 5 rings (SSSR count). The number of nitrogens with zero attached hydrogens (tertiary/aromatic N) is 3. The highest BCUT2D eigenvalue weighted by atomic mass is 35.5. The minimum Gasteiger partial charge on any atom is -0.381 e. The number of halogens is 6. The molecule has 1 aromatic carbocycles. The highest BCUT2D eigenvalue weighted by Crippen LogP contribution is 2.48. The number of hydrogen-bond donors (Lipinski definition) is 1. The summed E-state index contributed by atoms with van der Waals surface area (Å²) in [5, 5.41) is 2.30. The van der Waals surface area contributed by atoms with Crippen molar-refractivity contribution in [3.63, 3.8) is 0 Å². The molecule has 3 aliphatic rings. The van der Waals surface area contributed by atoms with Crippen LogP contribution in [0.15, 0.2) is 24.4 Å². The van der Waals surface area contributed by atoms with Gasteiger partial charge in [-0.2, -0.15) is 13.2 Å². The van der Waals surface area contributed by atoms with Crippen molar-refractivity contribution in [2.45, 2.75) is 37.1 Å². The lowest BCUT2D eigenvalue weighted by atomic mass is 9.90. The van der Waals surface area contributed by atoms with Crippen LogP contribution >= 0.6 is 11.6 Å². The number of hydrogen-bond acceptors (Lipinski definition) is 5. The first-order valence-corrected chi connectivity index (χ1v) is 11.2. The molecule has 7 nitrogen and oxygen atoms in total. The molecule has 0 radical (unpaired) electrons. The highest BCUT2D eigenvalue weighted by molar-refractivity contribution is 6.30. The third-order valence-corrected chi connectivity index (χ3v) is 6.87. The summed E-state index contributed by atoms with van der Waals surface area (Å²) in [6.07, 6.45) is -3.09. The van der Waals surface area contributed by atoms with Gasteiger partial charge in [-0.15, -0.1) is 0 Å². The summed E-state index contributed by atoms with van der Waals surface area (Å²) < 4.78 is 72.9. The maximum absolute atomic E-state index is 14.6. The van der Waals surface area contributed by atoms with Crippen LogP contribution in [0.5, 0.6) is 0 Å². The van der Waals surface area contributed by atoms with E-state index >= 15 is 0 Å². The first-order valence-electron chi connectivity index (χ1n) is 10.8. The van der Waals surface area contributed by atoms with Crippen LogP contribution in [0.3, 0.4) is 0 Å². The number of fused-ring (bicyclic) bond motifs is 1. The third kappa shape index (κ3) is 4.44. The van der Waals surface area contributed by atoms with Gasteiger partial charge in [-0.1, -0.05) is 11.6 Å². The molecule has 0 spiro atoms. The molecular weight excluding hydrogens is 499 g/mol. The Bertz CT molecular complexity index is 1190. The zero-order chi connectivity index (χ0) is 25.1. The van der Waals surface area contributed by atoms with E-state index in [0.29, 0.717) is 12.8 Å². The molecule has 1 N–H and O–H groups in total. The van der Waals surface area contributed by atoms with Gasteiger partial charge in [-0.3, -0.25) is 9.59 Å². The van der Waals surface area contributed by atoms with Gasteiger partial charge < -0.3 is 15.0 Å². The number of piperidine rings is 1. The number of carbonyl (C=O) groups excluding carboxylic acids is 2. The molecule has 1 aliphatic carbocycles. The standard InChI is InChI=1S/C22H18ClF5N4O3/c23-12-6-13(24)11(5-14(12)25)18(10-7-35-8-10)31-19(33)17-4-9-3-16(9)32(17)20(34)15-1-2-29-21(30-15)22(26,27)28/h1-2,5-6,9-10,16-18H,3-4,7-8H2,(H,31,33)/t9-,16-,17-,18?/m1/s1. The minimum atomic E-state index is -4.84. The van der Waals surface area contributed by atoms with E-state index in [2.05, 4.69) is 15.3 Å². The van der Waals surface area contributed by atoms with Crippen molar-refractivity contribution >= 4 is 23.4 Å². The molecule has 1 saturated carbocycles. The van der Waals surface area contributed by atoms with E-state index in [1.807, 2.05) is 0 Å². The second-order valence-corrected chi connectivity index (χ2v) is 9.27. The number of alkyl halides is 3. The molecule has 0 bridgehead atoms. The van der Waals surface area contributed by atoms with E-state index in [1.54, 1.807) is 0 Å². The molecule has 13 heteroatoms. The normalized spacial score (nSPS) is 24.5. The van der Waals surface area contributed by atoms with Gasteiger partial charge in [0, 0.05) is 23.7 Å². The van der Waals surface area contributed by atoms with E-state index in [-0.39, 0.29) is 36.7 Å². The van der Waals surface area contributed by atoms with E-state index in [1.165, 1.54) is 4.90 Å². The zero-order valence-corrected chi connectivity index (χ0v) is 18.6. The van der Waals surface area contributed by atoms with Gasteiger partial charge in [0.05, 0.1) is 24.3 Å². The predicted octanol–water partition coefficient (Wildman–Crippen LogP) is 3.53. The molecule has 2 saturated heterocycles. The Hall–Kier alpha value is -2.86. The largest absolute Gasteiger partial charge is 0.451 e.